The van der Waals surface area contributed by atoms with Crippen LogP contribution in [0, 0.1) is 5.92 Å². The van der Waals surface area contributed by atoms with Crippen molar-refractivity contribution in [3.05, 3.63) is 24.0 Å². The molecule has 2 aliphatic heterocycles. The third-order valence-corrected chi connectivity index (χ3v) is 5.73. The van der Waals surface area contributed by atoms with Crippen molar-refractivity contribution < 1.29 is 9.31 Å². The van der Waals surface area contributed by atoms with Crippen molar-refractivity contribution in [3.63, 3.8) is 0 Å². The molecule has 2 saturated heterocycles. The van der Waals surface area contributed by atoms with Crippen LogP contribution in [0.25, 0.3) is 11.0 Å². The van der Waals surface area contributed by atoms with Gasteiger partial charge in [-0.25, -0.2) is 4.98 Å². The van der Waals surface area contributed by atoms with Crippen LogP contribution in [0.1, 0.15) is 52.9 Å². The van der Waals surface area contributed by atoms with E-state index in [4.69, 9.17) is 14.3 Å². The molecular weight excluding hydrogens is 365 g/mol. The third-order valence-electron chi connectivity index (χ3n) is 5.73. The van der Waals surface area contributed by atoms with E-state index in [1.165, 1.54) is 0 Å². The van der Waals surface area contributed by atoms with Crippen molar-refractivity contribution in [2.24, 2.45) is 5.92 Å². The van der Waals surface area contributed by atoms with Gasteiger partial charge in [0.2, 0.25) is 0 Å². The summed E-state index contributed by atoms with van der Waals surface area (Å²) in [4.78, 5) is 8.23. The first-order valence-corrected chi connectivity index (χ1v) is 10.6. The van der Waals surface area contributed by atoms with Crippen molar-refractivity contribution in [1.29, 1.82) is 0 Å². The van der Waals surface area contributed by atoms with Gasteiger partial charge in [0, 0.05) is 0 Å². The predicted octanol–water partition coefficient (Wildman–Crippen LogP) is 3.29. The second-order valence-electron chi connectivity index (χ2n) is 8.29. The summed E-state index contributed by atoms with van der Waals surface area (Å²) in [7, 11) is -0.337. The van der Waals surface area contributed by atoms with Crippen LogP contribution in [-0.2, 0) is 9.31 Å². The number of aromatic nitrogens is 2. The zero-order valence-corrected chi connectivity index (χ0v) is 17.8. The van der Waals surface area contributed by atoms with E-state index in [1.54, 1.807) is 0 Å². The lowest BCUT2D eigenvalue weighted by Crippen LogP contribution is -2.41. The number of H-pyrrole nitrogens is 1. The Morgan fingerprint density at radius 1 is 1.15 bits per heavy atom. The molecule has 5 nitrogen and oxygen atoms in total. The van der Waals surface area contributed by atoms with Crippen LogP contribution in [-0.4, -0.2) is 34.8 Å². The molecule has 4 rings (SSSR count). The van der Waals surface area contributed by atoms with E-state index >= 15 is 0 Å². The Labute approximate surface area is 166 Å². The number of hydrogen-bond donors (Lipinski definition) is 4. The number of nitrogens with one attached hydrogen (secondary N) is 2. The van der Waals surface area contributed by atoms with Crippen LogP contribution in [0.4, 0.5) is 0 Å². The SMILES string of the molecule is CC1CNC(c2nc3ccc(B4OC(C)(C)C(C)(C)O4)cc3[nH]2)C1.SS. The maximum absolute atomic E-state index is 6.15. The minimum atomic E-state index is -0.337. The first kappa shape index (κ1) is 20.1. The van der Waals surface area contributed by atoms with Gasteiger partial charge in [-0.2, -0.15) is 0 Å². The van der Waals surface area contributed by atoms with Gasteiger partial charge in [0.15, 0.2) is 0 Å². The van der Waals surface area contributed by atoms with Gasteiger partial charge >= 0.3 is 7.12 Å². The van der Waals surface area contributed by atoms with E-state index in [9.17, 15) is 0 Å². The molecule has 2 aromatic rings. The van der Waals surface area contributed by atoms with Crippen molar-refractivity contribution >= 4 is 46.9 Å². The van der Waals surface area contributed by atoms with E-state index in [-0.39, 0.29) is 18.3 Å². The number of thiol groups is 2. The Hall–Kier alpha value is -0.665. The standard InChI is InChI=1S/C18H26BN3O2.H2S2/c1-11-8-15(20-10-11)16-21-13-7-6-12(9-14(13)22-16)19-23-17(2,3)18(4,5)24-19;1-2/h6-7,9,11,15,20H,8,10H2,1-5H3,(H,21,22);1-2H. The van der Waals surface area contributed by atoms with Crippen LogP contribution in [0.5, 0.6) is 0 Å². The van der Waals surface area contributed by atoms with Crippen LogP contribution < -0.4 is 10.8 Å². The summed E-state index contributed by atoms with van der Waals surface area (Å²) in [5.74, 6) is 1.73. The fourth-order valence-corrected chi connectivity index (χ4v) is 3.46. The molecule has 2 unspecified atom stereocenters. The molecule has 0 spiro atoms. The lowest BCUT2D eigenvalue weighted by atomic mass is 9.79. The monoisotopic (exact) mass is 393 g/mol. The lowest BCUT2D eigenvalue weighted by molar-refractivity contribution is 0.00578. The predicted molar refractivity (Wildman–Crippen MR) is 114 cm³/mol. The first-order valence-electron chi connectivity index (χ1n) is 9.04. The fraction of sp³-hybridized carbons (Fsp3) is 0.611. The second-order valence-corrected chi connectivity index (χ2v) is 8.29. The van der Waals surface area contributed by atoms with Gasteiger partial charge in [0.25, 0.3) is 0 Å². The summed E-state index contributed by atoms with van der Waals surface area (Å²) < 4.78 is 12.3. The maximum atomic E-state index is 6.15. The molecule has 0 saturated carbocycles. The topological polar surface area (TPSA) is 59.2 Å². The molecule has 0 amide bonds. The normalized spacial score (nSPS) is 26.8. The molecule has 3 heterocycles. The molecule has 1 aromatic carbocycles. The highest BCUT2D eigenvalue weighted by atomic mass is 33.1. The summed E-state index contributed by atoms with van der Waals surface area (Å²) in [6.45, 7) is 11.6. The quantitative estimate of drug-likeness (QED) is 0.359. The summed E-state index contributed by atoms with van der Waals surface area (Å²) >= 11 is 6.44. The van der Waals surface area contributed by atoms with E-state index < -0.39 is 0 Å². The number of fused-ring (bicyclic) bond motifs is 1. The second kappa shape index (κ2) is 7.39. The van der Waals surface area contributed by atoms with Gasteiger partial charge < -0.3 is 19.6 Å². The summed E-state index contributed by atoms with van der Waals surface area (Å²) in [5, 5.41) is 3.53. The van der Waals surface area contributed by atoms with Gasteiger partial charge in [-0.05, 0) is 64.2 Å². The van der Waals surface area contributed by atoms with Gasteiger partial charge in [0.05, 0.1) is 28.3 Å². The smallest absolute Gasteiger partial charge is 0.399 e. The van der Waals surface area contributed by atoms with E-state index in [0.29, 0.717) is 12.0 Å². The Morgan fingerprint density at radius 3 is 2.38 bits per heavy atom. The number of aromatic amines is 1. The number of imidazole rings is 1. The van der Waals surface area contributed by atoms with E-state index in [2.05, 4.69) is 80.4 Å². The van der Waals surface area contributed by atoms with Crippen LogP contribution in [0.15, 0.2) is 18.2 Å². The molecule has 0 aliphatic carbocycles. The summed E-state index contributed by atoms with van der Waals surface area (Å²) in [6.07, 6.45) is 1.13. The zero-order chi connectivity index (χ0) is 19.1. The summed E-state index contributed by atoms with van der Waals surface area (Å²) in [6, 6.07) is 6.54. The fourth-order valence-electron chi connectivity index (χ4n) is 3.46. The first-order chi connectivity index (χ1) is 12.2. The molecular formula is C18H28BN3O2S2. The van der Waals surface area contributed by atoms with Gasteiger partial charge in [0.1, 0.15) is 5.82 Å². The largest absolute Gasteiger partial charge is 0.494 e. The number of hydrogen-bond acceptors (Lipinski definition) is 6. The minimum Gasteiger partial charge on any atom is -0.399 e. The average molecular weight is 393 g/mol. The van der Waals surface area contributed by atoms with E-state index in [1.807, 2.05) is 6.07 Å². The van der Waals surface area contributed by atoms with Crippen molar-refractivity contribution in [2.75, 3.05) is 6.54 Å². The average Bonchev–Trinajstić information content (AvgIpc) is 3.25. The Balaban J connectivity index is 0.000000948. The van der Waals surface area contributed by atoms with Gasteiger partial charge in [-0.3, -0.25) is 0 Å². The molecule has 2 N–H and O–H groups in total. The molecule has 0 bridgehead atoms. The molecule has 1 aromatic heterocycles. The van der Waals surface area contributed by atoms with Crippen LogP contribution in [0.3, 0.4) is 0 Å². The Bertz CT molecular complexity index is 765. The number of rotatable bonds is 2. The van der Waals surface area contributed by atoms with Gasteiger partial charge in [-0.1, -0.05) is 13.0 Å². The Kier molecular flexibility index (Phi) is 5.71. The highest BCUT2D eigenvalue weighted by Gasteiger charge is 2.51. The zero-order valence-electron chi connectivity index (χ0n) is 16.0. The Morgan fingerprint density at radius 2 is 1.81 bits per heavy atom. The van der Waals surface area contributed by atoms with Crippen molar-refractivity contribution in [2.45, 2.75) is 58.3 Å². The molecule has 2 fully saturated rings. The van der Waals surface area contributed by atoms with Crippen LogP contribution in [0.2, 0.25) is 0 Å². The molecule has 2 atom stereocenters. The molecule has 142 valence electrons. The molecule has 0 radical (unpaired) electrons. The molecule has 8 heteroatoms. The highest BCUT2D eigenvalue weighted by Crippen LogP contribution is 2.36. The number of nitrogens with zero attached hydrogens (tertiary/aromatic N) is 1. The maximum Gasteiger partial charge on any atom is 0.494 e. The minimum absolute atomic E-state index is 0.324. The molecule has 2 aliphatic rings. The number of benzene rings is 1. The van der Waals surface area contributed by atoms with Crippen LogP contribution >= 0.6 is 23.3 Å². The van der Waals surface area contributed by atoms with Crippen molar-refractivity contribution in [1.82, 2.24) is 15.3 Å². The molecule has 26 heavy (non-hydrogen) atoms. The van der Waals surface area contributed by atoms with Gasteiger partial charge in [-0.15, -0.1) is 23.3 Å². The lowest BCUT2D eigenvalue weighted by Gasteiger charge is -2.32. The van der Waals surface area contributed by atoms with Crippen molar-refractivity contribution in [3.8, 4) is 0 Å². The third kappa shape index (κ3) is 3.67. The van der Waals surface area contributed by atoms with E-state index in [0.717, 1.165) is 35.3 Å². The highest BCUT2D eigenvalue weighted by molar-refractivity contribution is 8.59. The summed E-state index contributed by atoms with van der Waals surface area (Å²) in [5.41, 5.74) is 2.42.